The van der Waals surface area contributed by atoms with Gasteiger partial charge in [-0.05, 0) is 0 Å². The Labute approximate surface area is 104 Å². The fraction of sp³-hybridized carbons (Fsp3) is 0.429. The summed E-state index contributed by atoms with van der Waals surface area (Å²) in [6.45, 7) is 8.48. The largest absolute Gasteiger partial charge is 2.00 e. The molecular formula is C14H18Fe. The van der Waals surface area contributed by atoms with Gasteiger partial charge in [0.15, 0.2) is 0 Å². The summed E-state index contributed by atoms with van der Waals surface area (Å²) in [4.78, 5) is 0. The first-order valence-corrected chi connectivity index (χ1v) is 5.10. The van der Waals surface area contributed by atoms with Gasteiger partial charge in [0.2, 0.25) is 0 Å². The second-order valence-electron chi connectivity index (χ2n) is 3.92. The average molecular weight is 242 g/mol. The van der Waals surface area contributed by atoms with Crippen molar-refractivity contribution in [1.29, 1.82) is 0 Å². The minimum atomic E-state index is 0. The zero-order valence-electron chi connectivity index (χ0n) is 9.92. The molecule has 0 atom stereocenters. The Morgan fingerprint density at radius 2 is 1.13 bits per heavy atom. The molecule has 0 spiro atoms. The van der Waals surface area contributed by atoms with E-state index in [0.29, 0.717) is 0 Å². The van der Waals surface area contributed by atoms with Crippen molar-refractivity contribution in [3.8, 4) is 0 Å². The molecule has 2 aliphatic rings. The Bertz CT molecular complexity index is 293. The maximum atomic E-state index is 3.12. The van der Waals surface area contributed by atoms with Crippen molar-refractivity contribution < 1.29 is 17.1 Å². The Balaban J connectivity index is 0.000000245. The Kier molecular flexibility index (Phi) is 6.63. The normalized spacial score (nSPS) is 17.9. The number of hydrogen-bond acceptors (Lipinski definition) is 0. The van der Waals surface area contributed by atoms with E-state index < -0.39 is 0 Å². The molecule has 0 amide bonds. The quantitative estimate of drug-likeness (QED) is 0.441. The molecule has 0 N–H and O–H groups in total. The molecule has 0 aromatic carbocycles. The molecule has 0 saturated carbocycles. The molecule has 0 aromatic heterocycles. The van der Waals surface area contributed by atoms with Gasteiger partial charge >= 0.3 is 17.1 Å². The van der Waals surface area contributed by atoms with E-state index in [0.717, 1.165) is 12.8 Å². The first-order chi connectivity index (χ1) is 6.61. The summed E-state index contributed by atoms with van der Waals surface area (Å²) >= 11 is 0. The predicted molar refractivity (Wildman–Crippen MR) is 61.6 cm³/mol. The fourth-order valence-electron chi connectivity index (χ4n) is 1.27. The molecule has 0 nitrogen and oxygen atoms in total. The van der Waals surface area contributed by atoms with Gasteiger partial charge in [0.1, 0.15) is 0 Å². The Hall–Kier alpha value is -0.521. The van der Waals surface area contributed by atoms with Crippen LogP contribution in [-0.2, 0) is 17.1 Å². The van der Waals surface area contributed by atoms with Crippen LogP contribution < -0.4 is 0 Å². The molecular weight excluding hydrogens is 224 g/mol. The Morgan fingerprint density at radius 1 is 0.800 bits per heavy atom. The van der Waals surface area contributed by atoms with Gasteiger partial charge in [-0.2, -0.15) is 12.2 Å². The van der Waals surface area contributed by atoms with Crippen molar-refractivity contribution in [3.05, 3.63) is 46.6 Å². The second kappa shape index (κ2) is 6.87. The number of rotatable bonds is 0. The van der Waals surface area contributed by atoms with Crippen LogP contribution in [-0.4, -0.2) is 0 Å². The van der Waals surface area contributed by atoms with Crippen LogP contribution in [0.3, 0.4) is 0 Å². The fourth-order valence-corrected chi connectivity index (χ4v) is 1.27. The molecule has 0 radical (unpaired) electrons. The smallest absolute Gasteiger partial charge is 0.253 e. The zero-order valence-corrected chi connectivity index (χ0v) is 11.0. The van der Waals surface area contributed by atoms with Gasteiger partial charge in [-0.1, -0.05) is 26.7 Å². The number of allylic oxidation sites excluding steroid dienone is 8. The molecule has 2 aliphatic carbocycles. The van der Waals surface area contributed by atoms with E-state index in [1.807, 2.05) is 0 Å². The first kappa shape index (κ1) is 14.5. The molecule has 0 aromatic rings. The first-order valence-electron chi connectivity index (χ1n) is 5.10. The van der Waals surface area contributed by atoms with E-state index in [-0.39, 0.29) is 17.1 Å². The van der Waals surface area contributed by atoms with Gasteiger partial charge < -0.3 is 0 Å². The van der Waals surface area contributed by atoms with Crippen LogP contribution >= 0.6 is 0 Å². The minimum absolute atomic E-state index is 0. The van der Waals surface area contributed by atoms with Gasteiger partial charge in [-0.15, -0.1) is 13.8 Å². The maximum absolute atomic E-state index is 3.12. The van der Waals surface area contributed by atoms with Crippen molar-refractivity contribution in [3.63, 3.8) is 0 Å². The molecule has 0 heterocycles. The van der Waals surface area contributed by atoms with Crippen molar-refractivity contribution >= 4 is 0 Å². The second-order valence-corrected chi connectivity index (χ2v) is 3.92. The van der Waals surface area contributed by atoms with Crippen LogP contribution in [0, 0.1) is 12.2 Å². The third-order valence-electron chi connectivity index (χ3n) is 2.73. The summed E-state index contributed by atoms with van der Waals surface area (Å²) in [5.74, 6) is 0. The van der Waals surface area contributed by atoms with E-state index in [2.05, 4.69) is 52.0 Å². The third kappa shape index (κ3) is 4.68. The topological polar surface area (TPSA) is 0 Å². The predicted octanol–water partition coefficient (Wildman–Crippen LogP) is 4.17. The van der Waals surface area contributed by atoms with Crippen LogP contribution in [0.25, 0.3) is 0 Å². The van der Waals surface area contributed by atoms with Gasteiger partial charge in [0.05, 0.1) is 0 Å². The van der Waals surface area contributed by atoms with Crippen molar-refractivity contribution in [2.75, 3.05) is 0 Å². The monoisotopic (exact) mass is 242 g/mol. The molecule has 15 heavy (non-hydrogen) atoms. The van der Waals surface area contributed by atoms with Crippen molar-refractivity contribution in [1.82, 2.24) is 0 Å². The van der Waals surface area contributed by atoms with E-state index in [4.69, 9.17) is 0 Å². The molecule has 0 bridgehead atoms. The molecule has 1 heteroatoms. The zero-order chi connectivity index (χ0) is 10.6. The summed E-state index contributed by atoms with van der Waals surface area (Å²) in [6.07, 6.45) is 12.6. The van der Waals surface area contributed by atoms with E-state index in [9.17, 15) is 0 Å². The molecule has 82 valence electrons. The van der Waals surface area contributed by atoms with E-state index in [1.54, 1.807) is 0 Å². The van der Waals surface area contributed by atoms with Crippen molar-refractivity contribution in [2.45, 2.75) is 40.5 Å². The van der Waals surface area contributed by atoms with Crippen LogP contribution in [0.5, 0.6) is 0 Å². The summed E-state index contributed by atoms with van der Waals surface area (Å²) in [5, 5.41) is 0. The Morgan fingerprint density at radius 3 is 1.20 bits per heavy atom. The SMILES string of the molecule is CC1=C(C)CC=[C-]1.CC1=C(C)CC=[C-]1.[Fe+2]. The maximum Gasteiger partial charge on any atom is 2.00 e. The summed E-state index contributed by atoms with van der Waals surface area (Å²) in [7, 11) is 0. The van der Waals surface area contributed by atoms with Crippen LogP contribution in [0.2, 0.25) is 0 Å². The van der Waals surface area contributed by atoms with Crippen LogP contribution in [0.1, 0.15) is 40.5 Å². The summed E-state index contributed by atoms with van der Waals surface area (Å²) in [6, 6.07) is 0. The average Bonchev–Trinajstić information content (AvgIpc) is 2.67. The molecule has 0 fully saturated rings. The summed E-state index contributed by atoms with van der Waals surface area (Å²) in [5.41, 5.74) is 5.56. The summed E-state index contributed by atoms with van der Waals surface area (Å²) < 4.78 is 0. The van der Waals surface area contributed by atoms with Gasteiger partial charge in [-0.25, -0.2) is 22.3 Å². The molecule has 0 aliphatic heterocycles. The van der Waals surface area contributed by atoms with Gasteiger partial charge in [0, 0.05) is 0 Å². The van der Waals surface area contributed by atoms with Crippen LogP contribution in [0.15, 0.2) is 34.4 Å². The van der Waals surface area contributed by atoms with Crippen molar-refractivity contribution in [2.24, 2.45) is 0 Å². The van der Waals surface area contributed by atoms with Gasteiger partial charge in [0.25, 0.3) is 0 Å². The van der Waals surface area contributed by atoms with Crippen LogP contribution in [0.4, 0.5) is 0 Å². The van der Waals surface area contributed by atoms with E-state index >= 15 is 0 Å². The molecule has 0 unspecified atom stereocenters. The number of hydrogen-bond donors (Lipinski definition) is 0. The van der Waals surface area contributed by atoms with E-state index in [1.165, 1.54) is 22.3 Å². The molecule has 0 saturated heterocycles. The molecule has 2 rings (SSSR count). The minimum Gasteiger partial charge on any atom is -0.253 e. The van der Waals surface area contributed by atoms with Gasteiger partial charge in [-0.3, -0.25) is 12.2 Å². The standard InChI is InChI=1S/2C7H9.Fe/c2*1-6-4-3-5-7(6)2;/h2*3H,4H2,1-2H3;/q2*-1;+2. The third-order valence-corrected chi connectivity index (χ3v) is 2.73.